The smallest absolute Gasteiger partial charge is 0.0567 e. The molecule has 0 amide bonds. The topological polar surface area (TPSA) is 29.5 Å². The second kappa shape index (κ2) is 12.4. The lowest BCUT2D eigenvalue weighted by atomic mass is 10.0. The molecule has 0 aliphatic heterocycles. The Morgan fingerprint density at radius 2 is 1.47 bits per heavy atom. The van der Waals surface area contributed by atoms with Gasteiger partial charge in [-0.3, -0.25) is 0 Å². The molecule has 0 aromatic rings. The molecule has 0 heterocycles. The van der Waals surface area contributed by atoms with Gasteiger partial charge >= 0.3 is 0 Å². The normalized spacial score (nSPS) is 14.8. The molecule has 0 saturated carbocycles. The molecule has 2 heteroatoms. The Hall–Kier alpha value is -0.0800. The lowest BCUT2D eigenvalue weighted by Crippen LogP contribution is -2.16. The molecule has 0 aromatic carbocycles. The van der Waals surface area contributed by atoms with Crippen LogP contribution in [0, 0.1) is 0 Å². The second-order valence-electron chi connectivity index (χ2n) is 5.20. The third-order valence-corrected chi connectivity index (χ3v) is 3.40. The first-order chi connectivity index (χ1) is 8.20. The molecular weight excluding hydrogens is 212 g/mol. The molecule has 2 atom stereocenters. The predicted octanol–water partition coefficient (Wildman–Crippen LogP) is 4.30. The number of hydrogen-bond acceptors (Lipinski definition) is 2. The number of hydrogen-bond donors (Lipinski definition) is 1. The summed E-state index contributed by atoms with van der Waals surface area (Å²) in [5, 5.41) is 9.74. The van der Waals surface area contributed by atoms with Crippen molar-refractivity contribution in [2.75, 3.05) is 7.11 Å². The maximum atomic E-state index is 9.74. The zero-order chi connectivity index (χ0) is 12.9. The summed E-state index contributed by atoms with van der Waals surface area (Å²) in [4.78, 5) is 0. The Kier molecular flexibility index (Phi) is 12.3. The molecule has 0 rings (SSSR count). The Balaban J connectivity index is 3.16. The number of rotatable bonds is 12. The van der Waals surface area contributed by atoms with Crippen molar-refractivity contribution in [3.63, 3.8) is 0 Å². The van der Waals surface area contributed by atoms with Gasteiger partial charge in [-0.2, -0.15) is 0 Å². The van der Waals surface area contributed by atoms with Gasteiger partial charge in [-0.1, -0.05) is 58.3 Å². The quantitative estimate of drug-likeness (QED) is 0.519. The van der Waals surface area contributed by atoms with Gasteiger partial charge in [-0.15, -0.1) is 0 Å². The summed E-state index contributed by atoms with van der Waals surface area (Å²) in [6, 6.07) is 0. The number of aliphatic hydroxyl groups is 1. The highest BCUT2D eigenvalue weighted by Gasteiger charge is 2.08. The first-order valence-corrected chi connectivity index (χ1v) is 7.41. The van der Waals surface area contributed by atoms with Crippen molar-refractivity contribution in [2.45, 2.75) is 90.3 Å². The molecule has 0 fully saturated rings. The van der Waals surface area contributed by atoms with Crippen LogP contribution in [0.4, 0.5) is 0 Å². The van der Waals surface area contributed by atoms with E-state index in [-0.39, 0.29) is 12.2 Å². The molecule has 0 bridgehead atoms. The van der Waals surface area contributed by atoms with Gasteiger partial charge in [-0.05, 0) is 19.8 Å². The van der Waals surface area contributed by atoms with Gasteiger partial charge in [0.1, 0.15) is 0 Å². The van der Waals surface area contributed by atoms with E-state index in [9.17, 15) is 5.11 Å². The van der Waals surface area contributed by atoms with Gasteiger partial charge in [-0.25, -0.2) is 0 Å². The van der Waals surface area contributed by atoms with Crippen LogP contribution in [0.3, 0.4) is 0 Å². The molecule has 104 valence electrons. The number of methoxy groups -OCH3 is 1. The Bertz CT molecular complexity index is 148. The summed E-state index contributed by atoms with van der Waals surface area (Å²) in [7, 11) is 1.70. The van der Waals surface area contributed by atoms with E-state index in [0.717, 1.165) is 19.3 Å². The molecule has 17 heavy (non-hydrogen) atoms. The molecule has 0 spiro atoms. The standard InChI is InChI=1S/C15H32O2/c1-4-5-6-7-8-9-10-11-12-15(16)13-14(2)17-3/h14-16H,4-13H2,1-3H3. The number of aliphatic hydroxyl groups excluding tert-OH is 1. The predicted molar refractivity (Wildman–Crippen MR) is 74.3 cm³/mol. The van der Waals surface area contributed by atoms with Crippen LogP contribution in [-0.4, -0.2) is 24.4 Å². The third-order valence-electron chi connectivity index (χ3n) is 3.40. The van der Waals surface area contributed by atoms with Crippen molar-refractivity contribution < 1.29 is 9.84 Å². The SMILES string of the molecule is CCCCCCCCCCC(O)CC(C)OC. The van der Waals surface area contributed by atoms with Crippen LogP contribution >= 0.6 is 0 Å². The van der Waals surface area contributed by atoms with Crippen LogP contribution < -0.4 is 0 Å². The molecule has 0 aromatic heterocycles. The fraction of sp³-hybridized carbons (Fsp3) is 1.00. The van der Waals surface area contributed by atoms with E-state index in [0.29, 0.717) is 0 Å². The van der Waals surface area contributed by atoms with Crippen LogP contribution in [0.5, 0.6) is 0 Å². The summed E-state index contributed by atoms with van der Waals surface area (Å²) in [6.07, 6.45) is 12.3. The van der Waals surface area contributed by atoms with Gasteiger partial charge in [0.05, 0.1) is 12.2 Å². The minimum atomic E-state index is -0.176. The van der Waals surface area contributed by atoms with Gasteiger partial charge in [0.2, 0.25) is 0 Å². The summed E-state index contributed by atoms with van der Waals surface area (Å²) < 4.78 is 5.14. The average molecular weight is 244 g/mol. The van der Waals surface area contributed by atoms with Crippen LogP contribution in [0.15, 0.2) is 0 Å². The fourth-order valence-corrected chi connectivity index (χ4v) is 2.11. The van der Waals surface area contributed by atoms with Crippen LogP contribution in [0.2, 0.25) is 0 Å². The third kappa shape index (κ3) is 12.2. The second-order valence-corrected chi connectivity index (χ2v) is 5.20. The average Bonchev–Trinajstić information content (AvgIpc) is 2.32. The largest absolute Gasteiger partial charge is 0.393 e. The fourth-order valence-electron chi connectivity index (χ4n) is 2.11. The van der Waals surface area contributed by atoms with Crippen LogP contribution in [-0.2, 0) is 4.74 Å². The highest BCUT2D eigenvalue weighted by Crippen LogP contribution is 2.13. The summed E-state index contributed by atoms with van der Waals surface area (Å²) in [5.74, 6) is 0. The highest BCUT2D eigenvalue weighted by atomic mass is 16.5. The highest BCUT2D eigenvalue weighted by molar-refractivity contribution is 4.61. The summed E-state index contributed by atoms with van der Waals surface area (Å²) in [5.41, 5.74) is 0. The van der Waals surface area contributed by atoms with Crippen LogP contribution in [0.25, 0.3) is 0 Å². The Morgan fingerprint density at radius 3 is 2.00 bits per heavy atom. The zero-order valence-corrected chi connectivity index (χ0v) is 12.1. The van der Waals surface area contributed by atoms with Crippen molar-refractivity contribution in [2.24, 2.45) is 0 Å². The monoisotopic (exact) mass is 244 g/mol. The minimum absolute atomic E-state index is 0.176. The molecule has 0 aliphatic carbocycles. The van der Waals surface area contributed by atoms with Crippen molar-refractivity contribution >= 4 is 0 Å². The van der Waals surface area contributed by atoms with E-state index < -0.39 is 0 Å². The molecule has 2 nitrogen and oxygen atoms in total. The molecule has 0 aliphatic rings. The maximum absolute atomic E-state index is 9.74. The van der Waals surface area contributed by atoms with Crippen molar-refractivity contribution in [3.05, 3.63) is 0 Å². The van der Waals surface area contributed by atoms with Crippen molar-refractivity contribution in [1.29, 1.82) is 0 Å². The summed E-state index contributed by atoms with van der Waals surface area (Å²) in [6.45, 7) is 4.26. The lowest BCUT2D eigenvalue weighted by Gasteiger charge is -2.14. The zero-order valence-electron chi connectivity index (χ0n) is 12.1. The van der Waals surface area contributed by atoms with Gasteiger partial charge in [0, 0.05) is 7.11 Å². The van der Waals surface area contributed by atoms with Gasteiger partial charge in [0.15, 0.2) is 0 Å². The van der Waals surface area contributed by atoms with E-state index >= 15 is 0 Å². The van der Waals surface area contributed by atoms with Crippen molar-refractivity contribution in [1.82, 2.24) is 0 Å². The van der Waals surface area contributed by atoms with Gasteiger partial charge < -0.3 is 9.84 Å². The molecule has 1 N–H and O–H groups in total. The summed E-state index contributed by atoms with van der Waals surface area (Å²) >= 11 is 0. The lowest BCUT2D eigenvalue weighted by molar-refractivity contribution is 0.0518. The molecule has 2 unspecified atom stereocenters. The first-order valence-electron chi connectivity index (χ1n) is 7.41. The van der Waals surface area contributed by atoms with Crippen molar-refractivity contribution in [3.8, 4) is 0 Å². The number of unbranched alkanes of at least 4 members (excludes halogenated alkanes) is 7. The van der Waals surface area contributed by atoms with Crippen LogP contribution in [0.1, 0.15) is 78.1 Å². The Morgan fingerprint density at radius 1 is 0.941 bits per heavy atom. The molecule has 0 saturated heterocycles. The molecule has 0 radical (unpaired) electrons. The van der Waals surface area contributed by atoms with E-state index in [1.807, 2.05) is 6.92 Å². The first kappa shape index (κ1) is 16.9. The molecular formula is C15H32O2. The minimum Gasteiger partial charge on any atom is -0.393 e. The Labute approximate surface area is 108 Å². The number of ether oxygens (including phenoxy) is 1. The van der Waals surface area contributed by atoms with E-state index in [1.165, 1.54) is 44.9 Å². The van der Waals surface area contributed by atoms with E-state index in [1.54, 1.807) is 7.11 Å². The van der Waals surface area contributed by atoms with E-state index in [4.69, 9.17) is 4.74 Å². The van der Waals surface area contributed by atoms with Gasteiger partial charge in [0.25, 0.3) is 0 Å². The maximum Gasteiger partial charge on any atom is 0.0567 e. The van der Waals surface area contributed by atoms with E-state index in [2.05, 4.69) is 6.92 Å².